The first kappa shape index (κ1) is 25.3. The smallest absolute Gasteiger partial charge is 0.140 e. The Hall–Kier alpha value is -0.632. The molecule has 0 fully saturated rings. The Morgan fingerprint density at radius 1 is 0.667 bits per heavy atom. The Balaban J connectivity index is -0.000000295. The molecule has 0 aromatic rings. The molecule has 0 bridgehead atoms. The van der Waals surface area contributed by atoms with Gasteiger partial charge in [0.2, 0.25) is 0 Å². The van der Waals surface area contributed by atoms with Gasteiger partial charge in [-0.25, -0.2) is 0 Å². The van der Waals surface area contributed by atoms with Gasteiger partial charge < -0.3 is 0 Å². The van der Waals surface area contributed by atoms with Crippen molar-refractivity contribution in [2.45, 2.75) is 79.1 Å². The molecule has 4 nitrogen and oxygen atoms in total. The number of unbranched alkanes of at least 4 members (excludes halogenated alkanes) is 2. The van der Waals surface area contributed by atoms with E-state index >= 15 is 0 Å². The number of hydrogen-bond acceptors (Lipinski definition) is 4. The monoisotopic (exact) mass is 479 g/mol. The summed E-state index contributed by atoms with van der Waals surface area (Å²) in [6, 6.07) is 0. The third-order valence-corrected chi connectivity index (χ3v) is 2.51. The fraction of sp³-hybridized carbons (Fsp3) is 0.750. The minimum absolute atomic E-state index is 0. The quantitative estimate of drug-likeness (QED) is 0.450. The van der Waals surface area contributed by atoms with Crippen LogP contribution in [0.4, 0.5) is 0 Å². The Labute approximate surface area is 142 Å². The summed E-state index contributed by atoms with van der Waals surface area (Å²) in [7, 11) is 0. The molecule has 0 atom stereocenters. The van der Waals surface area contributed by atoms with E-state index in [2.05, 4.69) is 0 Å². The van der Waals surface area contributed by atoms with Crippen LogP contribution in [0.5, 0.6) is 0 Å². The second kappa shape index (κ2) is 17.4. The van der Waals surface area contributed by atoms with E-state index in [0.717, 1.165) is 25.7 Å². The predicted molar refractivity (Wildman–Crippen MR) is 79.7 cm³/mol. The summed E-state index contributed by atoms with van der Waals surface area (Å²) in [5, 5.41) is 0. The Morgan fingerprint density at radius 3 is 1.14 bits per heavy atom. The zero-order chi connectivity index (χ0) is 16.0. The molecular weight excluding hydrogens is 451 g/mol. The van der Waals surface area contributed by atoms with E-state index in [9.17, 15) is 19.2 Å². The van der Waals surface area contributed by atoms with E-state index in [1.54, 1.807) is 0 Å². The van der Waals surface area contributed by atoms with Crippen LogP contribution in [0.3, 0.4) is 0 Å². The van der Waals surface area contributed by atoms with E-state index in [-0.39, 0.29) is 57.0 Å². The number of rotatable bonds is 10. The van der Waals surface area contributed by atoms with Gasteiger partial charge in [0.15, 0.2) is 0 Å². The summed E-state index contributed by atoms with van der Waals surface area (Å²) in [6.07, 6.45) is 5.23. The Morgan fingerprint density at radius 2 is 0.952 bits per heavy atom. The average Bonchev–Trinajstić information content (AvgIpc) is 2.33. The molecule has 0 aliphatic rings. The molecule has 0 heterocycles. The van der Waals surface area contributed by atoms with Crippen molar-refractivity contribution >= 4 is 23.1 Å². The molecule has 0 saturated heterocycles. The van der Waals surface area contributed by atoms with Crippen molar-refractivity contribution < 1.29 is 40.2 Å². The van der Waals surface area contributed by atoms with Crippen LogP contribution in [0.15, 0.2) is 0 Å². The van der Waals surface area contributed by atoms with E-state index in [1.807, 2.05) is 13.8 Å². The first-order valence-corrected chi connectivity index (χ1v) is 7.35. The molecule has 0 aliphatic heterocycles. The molecule has 0 saturated carbocycles. The zero-order valence-electron chi connectivity index (χ0n) is 13.6. The van der Waals surface area contributed by atoms with Gasteiger partial charge in [0, 0.05) is 33.9 Å². The zero-order valence-corrected chi connectivity index (χ0v) is 15.9. The summed E-state index contributed by atoms with van der Waals surface area (Å²) in [5.41, 5.74) is 0. The van der Waals surface area contributed by atoms with Gasteiger partial charge in [0.1, 0.15) is 23.1 Å². The van der Waals surface area contributed by atoms with Gasteiger partial charge in [-0.05, 0) is 26.7 Å². The fourth-order valence-electron chi connectivity index (χ4n) is 1.48. The topological polar surface area (TPSA) is 68.3 Å². The molecule has 0 rings (SSSR count). The van der Waals surface area contributed by atoms with Crippen molar-refractivity contribution in [1.29, 1.82) is 0 Å². The third-order valence-electron chi connectivity index (χ3n) is 2.51. The van der Waals surface area contributed by atoms with Crippen LogP contribution in [0, 0.1) is 0 Å². The average molecular weight is 479 g/mol. The number of carbonyl (C=O) groups excluding carboxylic acids is 4. The summed E-state index contributed by atoms with van der Waals surface area (Å²) >= 11 is 0. The van der Waals surface area contributed by atoms with Crippen LogP contribution < -0.4 is 0 Å². The van der Waals surface area contributed by atoms with Gasteiger partial charge in [-0.1, -0.05) is 26.7 Å². The SMILES string of the molecule is CCCCC(=O)CC(C)=O.CCCCC(=O)CC(C)=O.[Pt]. The molecule has 0 radical (unpaired) electrons. The van der Waals surface area contributed by atoms with E-state index in [0.29, 0.717) is 12.8 Å². The van der Waals surface area contributed by atoms with Gasteiger partial charge in [-0.2, -0.15) is 0 Å². The molecular formula is C16H28O4Pt. The summed E-state index contributed by atoms with van der Waals surface area (Å²) in [5.74, 6) is 0.103. The molecule has 0 aromatic heterocycles. The van der Waals surface area contributed by atoms with Crippen molar-refractivity contribution in [3.8, 4) is 0 Å². The molecule has 0 N–H and O–H groups in total. The number of ketones is 4. The van der Waals surface area contributed by atoms with Crippen LogP contribution in [-0.4, -0.2) is 23.1 Å². The standard InChI is InChI=1S/2C8H14O2.Pt/c2*1-3-4-5-8(10)6-7(2)9;/h2*3-6H2,1-2H3;. The van der Waals surface area contributed by atoms with Gasteiger partial charge in [0.25, 0.3) is 0 Å². The van der Waals surface area contributed by atoms with Gasteiger partial charge >= 0.3 is 0 Å². The first-order chi connectivity index (χ1) is 9.33. The van der Waals surface area contributed by atoms with Gasteiger partial charge in [-0.3, -0.25) is 19.2 Å². The maximum absolute atomic E-state index is 10.8. The number of Topliss-reactive ketones (excluding diaryl/α,β-unsaturated/α-hetero) is 4. The Bertz CT molecular complexity index is 292. The van der Waals surface area contributed by atoms with Crippen molar-refractivity contribution in [3.63, 3.8) is 0 Å². The number of carbonyl (C=O) groups is 4. The van der Waals surface area contributed by atoms with Gasteiger partial charge in [0.05, 0.1) is 12.8 Å². The molecule has 21 heavy (non-hydrogen) atoms. The first-order valence-electron chi connectivity index (χ1n) is 7.35. The largest absolute Gasteiger partial charge is 0.300 e. The van der Waals surface area contributed by atoms with E-state index in [1.165, 1.54) is 13.8 Å². The molecule has 0 spiro atoms. The molecule has 0 unspecified atom stereocenters. The van der Waals surface area contributed by atoms with Crippen molar-refractivity contribution in [2.75, 3.05) is 0 Å². The molecule has 0 aromatic carbocycles. The maximum Gasteiger partial charge on any atom is 0.140 e. The number of hydrogen-bond donors (Lipinski definition) is 0. The minimum Gasteiger partial charge on any atom is -0.300 e. The van der Waals surface area contributed by atoms with Crippen LogP contribution in [-0.2, 0) is 40.2 Å². The third kappa shape index (κ3) is 24.7. The predicted octanol–water partition coefficient (Wildman–Crippen LogP) is 3.45. The maximum atomic E-state index is 10.8. The second-order valence-corrected chi connectivity index (χ2v) is 5.04. The Kier molecular flexibility index (Phi) is 21.0. The molecule has 126 valence electrons. The summed E-state index contributed by atoms with van der Waals surface area (Å²) in [6.45, 7) is 6.95. The summed E-state index contributed by atoms with van der Waals surface area (Å²) in [4.78, 5) is 42.4. The molecule has 0 amide bonds. The summed E-state index contributed by atoms with van der Waals surface area (Å²) < 4.78 is 0. The van der Waals surface area contributed by atoms with Crippen LogP contribution in [0.1, 0.15) is 79.1 Å². The second-order valence-electron chi connectivity index (χ2n) is 5.04. The van der Waals surface area contributed by atoms with E-state index in [4.69, 9.17) is 0 Å². The van der Waals surface area contributed by atoms with Crippen LogP contribution >= 0.6 is 0 Å². The van der Waals surface area contributed by atoms with Gasteiger partial charge in [-0.15, -0.1) is 0 Å². The van der Waals surface area contributed by atoms with Crippen molar-refractivity contribution in [3.05, 3.63) is 0 Å². The normalized spacial score (nSPS) is 8.95. The molecule has 5 heteroatoms. The molecule has 0 aliphatic carbocycles. The van der Waals surface area contributed by atoms with Crippen LogP contribution in [0.2, 0.25) is 0 Å². The minimum atomic E-state index is -0.0268. The van der Waals surface area contributed by atoms with E-state index < -0.39 is 0 Å². The van der Waals surface area contributed by atoms with Crippen molar-refractivity contribution in [2.24, 2.45) is 0 Å². The van der Waals surface area contributed by atoms with Crippen molar-refractivity contribution in [1.82, 2.24) is 0 Å². The fourth-order valence-corrected chi connectivity index (χ4v) is 1.48. The van der Waals surface area contributed by atoms with Crippen LogP contribution in [0.25, 0.3) is 0 Å².